The van der Waals surface area contributed by atoms with Gasteiger partial charge in [0.25, 0.3) is 0 Å². The molecule has 1 aromatic carbocycles. The first-order valence-electron chi connectivity index (χ1n) is 6.24. The number of benzene rings is 1. The third kappa shape index (κ3) is 4.96. The summed E-state index contributed by atoms with van der Waals surface area (Å²) in [6.07, 6.45) is 1.78. The van der Waals surface area contributed by atoms with E-state index in [1.54, 1.807) is 7.11 Å². The van der Waals surface area contributed by atoms with E-state index in [1.807, 2.05) is 25.1 Å². The van der Waals surface area contributed by atoms with Crippen LogP contribution in [0.25, 0.3) is 0 Å². The van der Waals surface area contributed by atoms with Crippen molar-refractivity contribution in [3.8, 4) is 5.75 Å². The predicted octanol–water partition coefficient (Wildman–Crippen LogP) is 3.10. The molecule has 3 nitrogen and oxygen atoms in total. The topological polar surface area (TPSA) is 41.5 Å². The summed E-state index contributed by atoms with van der Waals surface area (Å²) in [5, 5.41) is 13.3. The van der Waals surface area contributed by atoms with Crippen molar-refractivity contribution in [2.24, 2.45) is 0 Å². The first kappa shape index (κ1) is 15.5. The Morgan fingerprint density at radius 2 is 2.17 bits per heavy atom. The number of hydrogen-bond acceptors (Lipinski definition) is 3. The Kier molecular flexibility index (Phi) is 6.12. The van der Waals surface area contributed by atoms with Gasteiger partial charge in [0.15, 0.2) is 0 Å². The van der Waals surface area contributed by atoms with E-state index in [9.17, 15) is 5.11 Å². The number of nitrogens with one attached hydrogen (secondary N) is 1. The van der Waals surface area contributed by atoms with Crippen molar-refractivity contribution in [1.82, 2.24) is 5.32 Å². The molecule has 0 saturated heterocycles. The van der Waals surface area contributed by atoms with Gasteiger partial charge in [0.05, 0.1) is 12.7 Å². The molecular formula is C14H22BrNO2. The standard InChI is InChI=1S/C14H22BrNO2/c1-4-7-14(2,17)10-16-9-11-8-12(15)5-6-13(11)18-3/h5-6,8,16-17H,4,7,9-10H2,1-3H3. The fraction of sp³-hybridized carbons (Fsp3) is 0.571. The van der Waals surface area contributed by atoms with Gasteiger partial charge in [0.1, 0.15) is 5.75 Å². The van der Waals surface area contributed by atoms with Crippen molar-refractivity contribution < 1.29 is 9.84 Å². The average molecular weight is 316 g/mol. The lowest BCUT2D eigenvalue weighted by atomic mass is 10.0. The number of ether oxygens (including phenoxy) is 1. The molecule has 0 radical (unpaired) electrons. The molecule has 0 aromatic heterocycles. The molecule has 0 aliphatic heterocycles. The van der Waals surface area contributed by atoms with Crippen molar-refractivity contribution in [3.63, 3.8) is 0 Å². The van der Waals surface area contributed by atoms with E-state index in [2.05, 4.69) is 28.2 Å². The highest BCUT2D eigenvalue weighted by Crippen LogP contribution is 2.23. The third-order valence-electron chi connectivity index (χ3n) is 2.85. The van der Waals surface area contributed by atoms with Crippen LogP contribution in [-0.2, 0) is 6.54 Å². The summed E-state index contributed by atoms with van der Waals surface area (Å²) in [6, 6.07) is 5.92. The molecule has 1 aromatic rings. The van der Waals surface area contributed by atoms with Gasteiger partial charge < -0.3 is 15.2 Å². The molecule has 2 N–H and O–H groups in total. The minimum Gasteiger partial charge on any atom is -0.496 e. The molecule has 0 spiro atoms. The number of methoxy groups -OCH3 is 1. The van der Waals surface area contributed by atoms with Gasteiger partial charge in [-0.15, -0.1) is 0 Å². The zero-order valence-corrected chi connectivity index (χ0v) is 12.9. The van der Waals surface area contributed by atoms with Gasteiger partial charge in [-0.25, -0.2) is 0 Å². The molecule has 18 heavy (non-hydrogen) atoms. The first-order valence-corrected chi connectivity index (χ1v) is 7.03. The highest BCUT2D eigenvalue weighted by molar-refractivity contribution is 9.10. The van der Waals surface area contributed by atoms with Crippen molar-refractivity contribution in [2.45, 2.75) is 38.8 Å². The highest BCUT2D eigenvalue weighted by Gasteiger charge is 2.18. The summed E-state index contributed by atoms with van der Waals surface area (Å²) < 4.78 is 6.34. The maximum Gasteiger partial charge on any atom is 0.123 e. The molecule has 1 rings (SSSR count). The number of halogens is 1. The van der Waals surface area contributed by atoms with Crippen molar-refractivity contribution in [3.05, 3.63) is 28.2 Å². The van der Waals surface area contributed by atoms with E-state index in [1.165, 1.54) is 0 Å². The lowest BCUT2D eigenvalue weighted by molar-refractivity contribution is 0.0497. The number of hydrogen-bond donors (Lipinski definition) is 2. The maximum absolute atomic E-state index is 10.1. The van der Waals surface area contributed by atoms with Crippen LogP contribution < -0.4 is 10.1 Å². The Morgan fingerprint density at radius 3 is 2.78 bits per heavy atom. The van der Waals surface area contributed by atoms with Crippen LogP contribution in [0.2, 0.25) is 0 Å². The van der Waals surface area contributed by atoms with Crippen LogP contribution in [0, 0.1) is 0 Å². The van der Waals surface area contributed by atoms with Crippen LogP contribution in [0.5, 0.6) is 5.75 Å². The maximum atomic E-state index is 10.1. The molecule has 0 aliphatic carbocycles. The van der Waals surface area contributed by atoms with Gasteiger partial charge in [-0.2, -0.15) is 0 Å². The summed E-state index contributed by atoms with van der Waals surface area (Å²) in [4.78, 5) is 0. The zero-order chi connectivity index (χ0) is 13.6. The molecular weight excluding hydrogens is 294 g/mol. The fourth-order valence-electron chi connectivity index (χ4n) is 1.98. The minimum atomic E-state index is -0.645. The van der Waals surface area contributed by atoms with E-state index in [-0.39, 0.29) is 0 Å². The Morgan fingerprint density at radius 1 is 1.44 bits per heavy atom. The van der Waals surface area contributed by atoms with E-state index in [4.69, 9.17) is 4.74 Å². The zero-order valence-electron chi connectivity index (χ0n) is 11.3. The lowest BCUT2D eigenvalue weighted by Crippen LogP contribution is -2.37. The Labute approximate surface area is 118 Å². The largest absolute Gasteiger partial charge is 0.496 e. The van der Waals surface area contributed by atoms with Crippen LogP contribution in [0.15, 0.2) is 22.7 Å². The molecule has 0 saturated carbocycles. The smallest absolute Gasteiger partial charge is 0.123 e. The van der Waals surface area contributed by atoms with Gasteiger partial charge in [0.2, 0.25) is 0 Å². The summed E-state index contributed by atoms with van der Waals surface area (Å²) in [5.41, 5.74) is 0.438. The van der Waals surface area contributed by atoms with Crippen molar-refractivity contribution >= 4 is 15.9 Å². The average Bonchev–Trinajstić information content (AvgIpc) is 2.29. The monoisotopic (exact) mass is 315 g/mol. The van der Waals surface area contributed by atoms with E-state index in [0.29, 0.717) is 13.1 Å². The molecule has 0 amide bonds. The van der Waals surface area contributed by atoms with Crippen LogP contribution in [-0.4, -0.2) is 24.4 Å². The minimum absolute atomic E-state index is 0.580. The fourth-order valence-corrected chi connectivity index (χ4v) is 2.39. The van der Waals surface area contributed by atoms with Crippen LogP contribution >= 0.6 is 15.9 Å². The second-order valence-corrected chi connectivity index (χ2v) is 5.72. The quantitative estimate of drug-likeness (QED) is 0.812. The molecule has 102 valence electrons. The van der Waals surface area contributed by atoms with E-state index in [0.717, 1.165) is 28.6 Å². The second-order valence-electron chi connectivity index (χ2n) is 4.81. The van der Waals surface area contributed by atoms with Crippen LogP contribution in [0.1, 0.15) is 32.3 Å². The van der Waals surface area contributed by atoms with Crippen molar-refractivity contribution in [2.75, 3.05) is 13.7 Å². The van der Waals surface area contributed by atoms with E-state index >= 15 is 0 Å². The summed E-state index contributed by atoms with van der Waals surface area (Å²) in [5.74, 6) is 0.862. The Bertz CT molecular complexity index is 380. The summed E-state index contributed by atoms with van der Waals surface area (Å²) >= 11 is 3.45. The second kappa shape index (κ2) is 7.12. The molecule has 0 heterocycles. The van der Waals surface area contributed by atoms with Gasteiger partial charge in [0, 0.05) is 23.1 Å². The van der Waals surface area contributed by atoms with E-state index < -0.39 is 5.60 Å². The molecule has 4 heteroatoms. The molecule has 0 fully saturated rings. The number of aliphatic hydroxyl groups is 1. The van der Waals surface area contributed by atoms with Gasteiger partial charge in [-0.3, -0.25) is 0 Å². The van der Waals surface area contributed by atoms with Gasteiger partial charge in [-0.05, 0) is 31.5 Å². The van der Waals surface area contributed by atoms with Crippen LogP contribution in [0.3, 0.4) is 0 Å². The van der Waals surface area contributed by atoms with Crippen molar-refractivity contribution in [1.29, 1.82) is 0 Å². The van der Waals surface area contributed by atoms with Gasteiger partial charge in [-0.1, -0.05) is 29.3 Å². The van der Waals surface area contributed by atoms with Gasteiger partial charge >= 0.3 is 0 Å². The molecule has 1 atom stereocenters. The first-order chi connectivity index (χ1) is 8.48. The number of rotatable bonds is 7. The normalized spacial score (nSPS) is 14.3. The Hall–Kier alpha value is -0.580. The molecule has 0 bridgehead atoms. The van der Waals surface area contributed by atoms with Crippen LogP contribution in [0.4, 0.5) is 0 Å². The molecule has 0 aliphatic rings. The Balaban J connectivity index is 2.55. The molecule has 1 unspecified atom stereocenters. The SMILES string of the molecule is CCCC(C)(O)CNCc1cc(Br)ccc1OC. The predicted molar refractivity (Wildman–Crippen MR) is 77.9 cm³/mol. The third-order valence-corrected chi connectivity index (χ3v) is 3.35. The highest BCUT2D eigenvalue weighted by atomic mass is 79.9. The summed E-state index contributed by atoms with van der Waals surface area (Å²) in [6.45, 7) is 5.20. The lowest BCUT2D eigenvalue weighted by Gasteiger charge is -2.23. The summed E-state index contributed by atoms with van der Waals surface area (Å²) in [7, 11) is 1.67.